The van der Waals surface area contributed by atoms with Crippen molar-refractivity contribution in [1.82, 2.24) is 0 Å². The van der Waals surface area contributed by atoms with Gasteiger partial charge in [-0.25, -0.2) is 17.2 Å². The minimum atomic E-state index is -3.58. The van der Waals surface area contributed by atoms with Crippen LogP contribution in [0.15, 0.2) is 36.4 Å². The number of halogens is 2. The lowest BCUT2D eigenvalue weighted by molar-refractivity contribution is 0.389. The Balaban J connectivity index is 2.63. The molecule has 3 N–H and O–H groups in total. The summed E-state index contributed by atoms with van der Waals surface area (Å²) in [5.41, 5.74) is 2.39. The highest BCUT2D eigenvalue weighted by molar-refractivity contribution is 7.92. The Labute approximate surface area is 120 Å². The van der Waals surface area contributed by atoms with Crippen molar-refractivity contribution >= 4 is 21.4 Å². The zero-order valence-corrected chi connectivity index (χ0v) is 11.7. The summed E-state index contributed by atoms with van der Waals surface area (Å²) in [6, 6.07) is 7.04. The molecule has 0 aliphatic carbocycles. The van der Waals surface area contributed by atoms with E-state index in [9.17, 15) is 17.2 Å². The number of hydrogen-bond acceptors (Lipinski definition) is 4. The average molecular weight is 314 g/mol. The molecule has 0 radical (unpaired) electrons. The number of nitrogens with one attached hydrogen (secondary N) is 2. The van der Waals surface area contributed by atoms with E-state index in [-0.39, 0.29) is 22.5 Å². The van der Waals surface area contributed by atoms with Crippen molar-refractivity contribution in [2.75, 3.05) is 16.5 Å². The largest absolute Gasteiger partial charge is 0.291 e. The molecule has 0 saturated carbocycles. The summed E-state index contributed by atoms with van der Waals surface area (Å²) in [4.78, 5) is 0. The van der Waals surface area contributed by atoms with E-state index in [2.05, 4.69) is 4.72 Å². The van der Waals surface area contributed by atoms with Gasteiger partial charge in [0.2, 0.25) is 10.0 Å². The van der Waals surface area contributed by atoms with Gasteiger partial charge in [-0.2, -0.15) is 0 Å². The second-order valence-electron chi connectivity index (χ2n) is 4.37. The van der Waals surface area contributed by atoms with E-state index in [1.165, 1.54) is 24.3 Å². The lowest BCUT2D eigenvalue weighted by Gasteiger charge is -2.13. The van der Waals surface area contributed by atoms with Crippen molar-refractivity contribution in [2.45, 2.75) is 0 Å². The first-order valence-electron chi connectivity index (χ1n) is 5.77. The van der Waals surface area contributed by atoms with Gasteiger partial charge < -0.3 is 0 Å². The van der Waals surface area contributed by atoms with E-state index >= 15 is 0 Å². The maximum atomic E-state index is 13.9. The van der Waals surface area contributed by atoms with Crippen LogP contribution in [0.5, 0.6) is 0 Å². The third-order valence-corrected chi connectivity index (χ3v) is 3.26. The molecule has 8 heteroatoms. The predicted octanol–water partition coefficient (Wildman–Crippen LogP) is 2.80. The number of anilines is 2. The highest BCUT2D eigenvalue weighted by Crippen LogP contribution is 2.33. The van der Waals surface area contributed by atoms with Crippen molar-refractivity contribution in [2.24, 2.45) is 0 Å². The fraction of sp³-hybridized carbons (Fsp3) is 0.0769. The Hall–Kier alpha value is -2.19. The maximum absolute atomic E-state index is 13.9. The van der Waals surface area contributed by atoms with Gasteiger partial charge in [-0.3, -0.25) is 15.4 Å². The highest BCUT2D eigenvalue weighted by atomic mass is 32.2. The molecule has 0 atom stereocenters. The van der Waals surface area contributed by atoms with Crippen LogP contribution in [0.4, 0.5) is 20.2 Å². The molecule has 0 unspecified atom stereocenters. The SMILES string of the molecule is CS(=O)(=O)Nc1ccc(NO)cc1-c1ccc(F)cc1F. The van der Waals surface area contributed by atoms with Crippen LogP contribution in [0.1, 0.15) is 0 Å². The van der Waals surface area contributed by atoms with Gasteiger partial charge in [0.25, 0.3) is 0 Å². The molecular formula is C13H12F2N2O3S. The van der Waals surface area contributed by atoms with E-state index in [0.29, 0.717) is 6.07 Å². The Morgan fingerprint density at radius 3 is 2.33 bits per heavy atom. The molecular weight excluding hydrogens is 302 g/mol. The monoisotopic (exact) mass is 314 g/mol. The molecule has 112 valence electrons. The number of benzene rings is 2. The van der Waals surface area contributed by atoms with Gasteiger partial charge in [-0.05, 0) is 30.3 Å². The van der Waals surface area contributed by atoms with Crippen LogP contribution < -0.4 is 10.2 Å². The molecule has 0 aliphatic rings. The van der Waals surface area contributed by atoms with Crippen molar-refractivity contribution in [3.05, 3.63) is 48.0 Å². The number of sulfonamides is 1. The first-order chi connectivity index (χ1) is 9.80. The summed E-state index contributed by atoms with van der Waals surface area (Å²) in [6.07, 6.45) is 0.954. The minimum Gasteiger partial charge on any atom is -0.291 e. The molecule has 2 aromatic rings. The molecule has 0 heterocycles. The predicted molar refractivity (Wildman–Crippen MR) is 75.7 cm³/mol. The van der Waals surface area contributed by atoms with Crippen LogP contribution in [-0.4, -0.2) is 19.9 Å². The fourth-order valence-corrected chi connectivity index (χ4v) is 2.41. The molecule has 5 nitrogen and oxygen atoms in total. The van der Waals surface area contributed by atoms with E-state index in [1.54, 1.807) is 0 Å². The van der Waals surface area contributed by atoms with E-state index in [0.717, 1.165) is 12.3 Å². The summed E-state index contributed by atoms with van der Waals surface area (Å²) in [6.45, 7) is 0. The first-order valence-corrected chi connectivity index (χ1v) is 7.66. The lowest BCUT2D eigenvalue weighted by Crippen LogP contribution is -2.10. The molecule has 0 amide bonds. The highest BCUT2D eigenvalue weighted by Gasteiger charge is 2.14. The minimum absolute atomic E-state index is 0.000324. The smallest absolute Gasteiger partial charge is 0.229 e. The third-order valence-electron chi connectivity index (χ3n) is 2.67. The van der Waals surface area contributed by atoms with E-state index in [1.807, 2.05) is 5.48 Å². The first kappa shape index (κ1) is 15.2. The molecule has 0 saturated heterocycles. The molecule has 0 aliphatic heterocycles. The molecule has 0 aromatic heterocycles. The topological polar surface area (TPSA) is 78.4 Å². The second kappa shape index (κ2) is 5.66. The molecule has 21 heavy (non-hydrogen) atoms. The van der Waals surface area contributed by atoms with Crippen LogP contribution in [0, 0.1) is 11.6 Å². The molecule has 2 rings (SSSR count). The van der Waals surface area contributed by atoms with Gasteiger partial charge in [0.15, 0.2) is 0 Å². The Bertz CT molecular complexity index is 779. The Morgan fingerprint density at radius 1 is 1.05 bits per heavy atom. The molecule has 0 spiro atoms. The fourth-order valence-electron chi connectivity index (χ4n) is 1.83. The Morgan fingerprint density at radius 2 is 1.76 bits per heavy atom. The van der Waals surface area contributed by atoms with Crippen LogP contribution >= 0.6 is 0 Å². The molecule has 0 bridgehead atoms. The normalized spacial score (nSPS) is 11.2. The van der Waals surface area contributed by atoms with Crippen molar-refractivity contribution in [3.63, 3.8) is 0 Å². The van der Waals surface area contributed by atoms with Gasteiger partial charge in [0.05, 0.1) is 17.6 Å². The van der Waals surface area contributed by atoms with Crippen molar-refractivity contribution in [1.29, 1.82) is 0 Å². The lowest BCUT2D eigenvalue weighted by atomic mass is 10.0. The summed E-state index contributed by atoms with van der Waals surface area (Å²) in [5.74, 6) is -1.59. The van der Waals surface area contributed by atoms with Gasteiger partial charge in [0.1, 0.15) is 11.6 Å². The van der Waals surface area contributed by atoms with Crippen molar-refractivity contribution < 1.29 is 22.4 Å². The van der Waals surface area contributed by atoms with Crippen LogP contribution in [0.2, 0.25) is 0 Å². The number of rotatable bonds is 4. The zero-order valence-electron chi connectivity index (χ0n) is 10.9. The maximum Gasteiger partial charge on any atom is 0.229 e. The second-order valence-corrected chi connectivity index (χ2v) is 6.12. The van der Waals surface area contributed by atoms with Gasteiger partial charge in [0, 0.05) is 17.2 Å². The summed E-state index contributed by atoms with van der Waals surface area (Å²) >= 11 is 0. The zero-order chi connectivity index (χ0) is 15.6. The summed E-state index contributed by atoms with van der Waals surface area (Å²) < 4.78 is 51.8. The van der Waals surface area contributed by atoms with Crippen LogP contribution in [0.3, 0.4) is 0 Å². The quantitative estimate of drug-likeness (QED) is 0.758. The number of hydrogen-bond donors (Lipinski definition) is 3. The van der Waals surface area contributed by atoms with Gasteiger partial charge in [-0.15, -0.1) is 0 Å². The van der Waals surface area contributed by atoms with Crippen LogP contribution in [0.25, 0.3) is 11.1 Å². The van der Waals surface area contributed by atoms with Crippen molar-refractivity contribution in [3.8, 4) is 11.1 Å². The summed E-state index contributed by atoms with van der Waals surface area (Å²) in [5, 5.41) is 8.90. The summed E-state index contributed by atoms with van der Waals surface area (Å²) in [7, 11) is -3.58. The van der Waals surface area contributed by atoms with Crippen LogP contribution in [-0.2, 0) is 10.0 Å². The van der Waals surface area contributed by atoms with E-state index < -0.39 is 21.7 Å². The Kier molecular flexibility index (Phi) is 4.10. The molecule has 2 aromatic carbocycles. The van der Waals surface area contributed by atoms with E-state index in [4.69, 9.17) is 5.21 Å². The van der Waals surface area contributed by atoms with Gasteiger partial charge >= 0.3 is 0 Å². The average Bonchev–Trinajstić information content (AvgIpc) is 2.38. The van der Waals surface area contributed by atoms with Gasteiger partial charge in [-0.1, -0.05) is 0 Å². The standard InChI is InChI=1S/C13H12F2N2O3S/c1-21(19,20)17-13-5-3-9(16-18)7-11(13)10-4-2-8(14)6-12(10)15/h2-7,16-18H,1H3. The molecule has 0 fully saturated rings. The third kappa shape index (κ3) is 3.67.